The largest absolute Gasteiger partial charge is 0.350 e. The van der Waals surface area contributed by atoms with Crippen LogP contribution in [0.4, 0.5) is 0 Å². The van der Waals surface area contributed by atoms with Gasteiger partial charge >= 0.3 is 0 Å². The fourth-order valence-corrected chi connectivity index (χ4v) is 2.99. The Morgan fingerprint density at radius 3 is 2.94 bits per heavy atom. The Hall–Kier alpha value is -1.57. The third kappa shape index (κ3) is 1.78. The minimum Gasteiger partial charge on any atom is -0.350 e. The highest BCUT2D eigenvalue weighted by molar-refractivity contribution is 5.86. The molecule has 0 N–H and O–H groups in total. The molecule has 17 heavy (non-hydrogen) atoms. The second-order valence-corrected chi connectivity index (χ2v) is 5.04. The number of para-hydroxylation sites is 1. The molecule has 1 aliphatic rings. The molecule has 1 fully saturated rings. The summed E-state index contributed by atoms with van der Waals surface area (Å²) in [5, 5.41) is 1.31. The number of aromatic nitrogens is 1. The van der Waals surface area contributed by atoms with Crippen LogP contribution in [0, 0.1) is 0 Å². The van der Waals surface area contributed by atoms with Crippen molar-refractivity contribution in [3.05, 3.63) is 36.0 Å². The summed E-state index contributed by atoms with van der Waals surface area (Å²) in [6.45, 7) is 0. The quantitative estimate of drug-likeness (QED) is 0.731. The lowest BCUT2D eigenvalue weighted by Crippen LogP contribution is -2.13. The van der Waals surface area contributed by atoms with Gasteiger partial charge in [-0.25, -0.2) is 0 Å². The summed E-state index contributed by atoms with van der Waals surface area (Å²) in [4.78, 5) is 11.6. The molecule has 1 aromatic carbocycles. The van der Waals surface area contributed by atoms with Gasteiger partial charge in [-0.3, -0.25) is 4.79 Å². The molecular weight excluding hydrogens is 210 g/mol. The summed E-state index contributed by atoms with van der Waals surface area (Å²) in [6, 6.07) is 8.46. The van der Waals surface area contributed by atoms with E-state index >= 15 is 0 Å². The molecule has 1 aromatic heterocycles. The average Bonchev–Trinajstić information content (AvgIpc) is 2.68. The molecule has 3 rings (SSSR count). The van der Waals surface area contributed by atoms with Gasteiger partial charge in [-0.05, 0) is 30.4 Å². The van der Waals surface area contributed by atoms with Gasteiger partial charge in [0, 0.05) is 37.0 Å². The van der Waals surface area contributed by atoms with Crippen LogP contribution in [0.15, 0.2) is 30.5 Å². The van der Waals surface area contributed by atoms with E-state index in [2.05, 4.69) is 42.1 Å². The van der Waals surface area contributed by atoms with Crippen LogP contribution in [0.2, 0.25) is 0 Å². The topological polar surface area (TPSA) is 22.0 Å². The Morgan fingerprint density at radius 1 is 1.29 bits per heavy atom. The van der Waals surface area contributed by atoms with E-state index in [1.165, 1.54) is 16.5 Å². The second kappa shape index (κ2) is 4.02. The monoisotopic (exact) mass is 227 g/mol. The van der Waals surface area contributed by atoms with Gasteiger partial charge in [0.05, 0.1) is 0 Å². The Balaban J connectivity index is 2.08. The second-order valence-electron chi connectivity index (χ2n) is 5.04. The van der Waals surface area contributed by atoms with Crippen molar-refractivity contribution in [1.82, 2.24) is 4.57 Å². The number of carbonyl (C=O) groups excluding carboxylic acids is 1. The molecule has 0 spiro atoms. The first-order valence-corrected chi connectivity index (χ1v) is 6.31. The van der Waals surface area contributed by atoms with E-state index in [1.54, 1.807) is 0 Å². The fourth-order valence-electron chi connectivity index (χ4n) is 2.99. The summed E-state index contributed by atoms with van der Waals surface area (Å²) in [5.74, 6) is 0.858. The summed E-state index contributed by atoms with van der Waals surface area (Å²) < 4.78 is 2.17. The number of rotatable bonds is 1. The van der Waals surface area contributed by atoms with Crippen molar-refractivity contribution in [3.8, 4) is 0 Å². The van der Waals surface area contributed by atoms with Crippen molar-refractivity contribution >= 4 is 16.7 Å². The summed E-state index contributed by atoms with van der Waals surface area (Å²) in [7, 11) is 2.08. The smallest absolute Gasteiger partial charge is 0.133 e. The lowest BCUT2D eigenvalue weighted by atomic mass is 9.83. The SMILES string of the molecule is Cn1cc(C2CCCC(=O)C2)c2ccccc21. The first-order chi connectivity index (χ1) is 8.25. The molecule has 1 heterocycles. The highest BCUT2D eigenvalue weighted by atomic mass is 16.1. The maximum absolute atomic E-state index is 11.6. The molecule has 2 aromatic rings. The normalized spacial score (nSPS) is 21.0. The van der Waals surface area contributed by atoms with Gasteiger partial charge in [-0.1, -0.05) is 18.2 Å². The van der Waals surface area contributed by atoms with E-state index in [1.807, 2.05) is 0 Å². The molecule has 1 aliphatic carbocycles. The van der Waals surface area contributed by atoms with E-state index in [4.69, 9.17) is 0 Å². The highest BCUT2D eigenvalue weighted by Gasteiger charge is 2.23. The first kappa shape index (κ1) is 10.6. The van der Waals surface area contributed by atoms with Crippen LogP contribution < -0.4 is 0 Å². The zero-order valence-corrected chi connectivity index (χ0v) is 10.1. The first-order valence-electron chi connectivity index (χ1n) is 6.31. The van der Waals surface area contributed by atoms with Gasteiger partial charge in [-0.15, -0.1) is 0 Å². The van der Waals surface area contributed by atoms with Gasteiger partial charge in [0.1, 0.15) is 5.78 Å². The molecule has 1 saturated carbocycles. The van der Waals surface area contributed by atoms with Crippen LogP contribution in [0.25, 0.3) is 10.9 Å². The molecule has 0 saturated heterocycles. The molecule has 1 atom stereocenters. The number of carbonyl (C=O) groups is 1. The Kier molecular flexibility index (Phi) is 2.50. The van der Waals surface area contributed by atoms with E-state index in [0.29, 0.717) is 11.7 Å². The van der Waals surface area contributed by atoms with Crippen LogP contribution in [-0.4, -0.2) is 10.4 Å². The summed E-state index contributed by atoms with van der Waals surface area (Å²) in [5.41, 5.74) is 2.62. The van der Waals surface area contributed by atoms with Crippen LogP contribution in [0.1, 0.15) is 37.2 Å². The van der Waals surface area contributed by atoms with Gasteiger partial charge in [0.25, 0.3) is 0 Å². The van der Waals surface area contributed by atoms with E-state index in [9.17, 15) is 4.79 Å². The molecular formula is C15H17NO. The molecule has 0 amide bonds. The number of hydrogen-bond donors (Lipinski definition) is 0. The number of ketones is 1. The van der Waals surface area contributed by atoms with E-state index in [-0.39, 0.29) is 0 Å². The maximum Gasteiger partial charge on any atom is 0.133 e. The summed E-state index contributed by atoms with van der Waals surface area (Å²) in [6.07, 6.45) is 5.91. The lowest BCUT2D eigenvalue weighted by molar-refractivity contribution is -0.120. The van der Waals surface area contributed by atoms with Crippen molar-refractivity contribution in [2.75, 3.05) is 0 Å². The van der Waals surface area contributed by atoms with Crippen molar-refractivity contribution in [3.63, 3.8) is 0 Å². The third-order valence-electron chi connectivity index (χ3n) is 3.85. The number of benzene rings is 1. The molecule has 88 valence electrons. The van der Waals surface area contributed by atoms with Crippen LogP contribution >= 0.6 is 0 Å². The molecule has 2 heteroatoms. The van der Waals surface area contributed by atoms with Gasteiger partial charge in [0.15, 0.2) is 0 Å². The van der Waals surface area contributed by atoms with Gasteiger partial charge < -0.3 is 4.57 Å². The Bertz CT molecular complexity index is 567. The van der Waals surface area contributed by atoms with Crippen LogP contribution in [0.5, 0.6) is 0 Å². The number of hydrogen-bond acceptors (Lipinski definition) is 1. The van der Waals surface area contributed by atoms with Crippen molar-refractivity contribution in [2.24, 2.45) is 7.05 Å². The van der Waals surface area contributed by atoms with Crippen molar-refractivity contribution in [1.29, 1.82) is 0 Å². The molecule has 0 bridgehead atoms. The fraction of sp³-hybridized carbons (Fsp3) is 0.400. The number of aryl methyl sites for hydroxylation is 1. The van der Waals surface area contributed by atoms with Crippen molar-refractivity contribution < 1.29 is 4.79 Å². The highest BCUT2D eigenvalue weighted by Crippen LogP contribution is 2.35. The third-order valence-corrected chi connectivity index (χ3v) is 3.85. The molecule has 2 nitrogen and oxygen atoms in total. The van der Waals surface area contributed by atoms with E-state index < -0.39 is 0 Å². The number of nitrogens with zero attached hydrogens (tertiary/aromatic N) is 1. The maximum atomic E-state index is 11.6. The Morgan fingerprint density at radius 2 is 2.12 bits per heavy atom. The predicted octanol–water partition coefficient (Wildman–Crippen LogP) is 3.41. The van der Waals surface area contributed by atoms with Gasteiger partial charge in [-0.2, -0.15) is 0 Å². The zero-order valence-electron chi connectivity index (χ0n) is 10.1. The van der Waals surface area contributed by atoms with Crippen molar-refractivity contribution in [2.45, 2.75) is 31.6 Å². The Labute approximate surface area is 101 Å². The van der Waals surface area contributed by atoms with E-state index in [0.717, 1.165) is 25.7 Å². The summed E-state index contributed by atoms with van der Waals surface area (Å²) >= 11 is 0. The minimum absolute atomic E-state index is 0.425. The lowest BCUT2D eigenvalue weighted by Gasteiger charge is -2.20. The van der Waals surface area contributed by atoms with Crippen LogP contribution in [0.3, 0.4) is 0 Å². The minimum atomic E-state index is 0.425. The molecule has 1 unspecified atom stereocenters. The predicted molar refractivity (Wildman–Crippen MR) is 69.1 cm³/mol. The molecule has 0 radical (unpaired) electrons. The number of Topliss-reactive ketones (excluding diaryl/α,β-unsaturated/α-hetero) is 1. The van der Waals surface area contributed by atoms with Gasteiger partial charge in [0.2, 0.25) is 0 Å². The number of fused-ring (bicyclic) bond motifs is 1. The molecule has 0 aliphatic heterocycles. The van der Waals surface area contributed by atoms with Crippen LogP contribution in [-0.2, 0) is 11.8 Å². The zero-order chi connectivity index (χ0) is 11.8. The average molecular weight is 227 g/mol. The standard InChI is InChI=1S/C15H17NO/c1-16-10-14(11-5-4-6-12(17)9-11)13-7-2-3-8-15(13)16/h2-3,7-8,10-11H,4-6,9H2,1H3.